The summed E-state index contributed by atoms with van der Waals surface area (Å²) < 4.78 is 0. The van der Waals surface area contributed by atoms with Gasteiger partial charge in [-0.25, -0.2) is 4.98 Å². The maximum Gasteiger partial charge on any atom is 0.244 e. The largest absolute Gasteiger partial charge is 0.353 e. The van der Waals surface area contributed by atoms with Crippen molar-refractivity contribution in [2.75, 3.05) is 6.54 Å². The number of nitrogens with one attached hydrogen (secondary N) is 2. The first-order valence-electron chi connectivity index (χ1n) is 6.55. The van der Waals surface area contributed by atoms with E-state index in [2.05, 4.69) is 15.3 Å². The first-order chi connectivity index (χ1) is 10.2. The lowest BCUT2D eigenvalue weighted by Crippen LogP contribution is -2.22. The van der Waals surface area contributed by atoms with Crippen LogP contribution >= 0.6 is 23.2 Å². The molecule has 0 bridgehead atoms. The Bertz CT molecular complexity index is 604. The number of imidazole rings is 1. The lowest BCUT2D eigenvalue weighted by molar-refractivity contribution is -0.116. The van der Waals surface area contributed by atoms with Crippen molar-refractivity contribution >= 4 is 35.2 Å². The second kappa shape index (κ2) is 7.86. The molecule has 0 radical (unpaired) electrons. The second-order valence-corrected chi connectivity index (χ2v) is 5.21. The average molecular weight is 324 g/mol. The van der Waals surface area contributed by atoms with Gasteiger partial charge in [-0.05, 0) is 24.6 Å². The van der Waals surface area contributed by atoms with Crippen LogP contribution in [0.5, 0.6) is 0 Å². The Hall–Kier alpha value is -1.78. The van der Waals surface area contributed by atoms with E-state index in [-0.39, 0.29) is 5.91 Å². The molecule has 0 saturated carbocycles. The quantitative estimate of drug-likeness (QED) is 0.631. The molecule has 2 rings (SSSR count). The Morgan fingerprint density at radius 2 is 2.10 bits per heavy atom. The molecule has 0 spiro atoms. The van der Waals surface area contributed by atoms with E-state index < -0.39 is 0 Å². The highest BCUT2D eigenvalue weighted by atomic mass is 35.5. The summed E-state index contributed by atoms with van der Waals surface area (Å²) in [6.07, 6.45) is 8.16. The SMILES string of the molecule is O=C(/C=C/c1c(Cl)cccc1Cl)NCCCc1ncc[nH]1. The summed E-state index contributed by atoms with van der Waals surface area (Å²) in [4.78, 5) is 18.8. The van der Waals surface area contributed by atoms with Crippen molar-refractivity contribution in [3.63, 3.8) is 0 Å². The fourth-order valence-electron chi connectivity index (χ4n) is 1.79. The number of carbonyl (C=O) groups is 1. The van der Waals surface area contributed by atoms with Gasteiger partial charge >= 0.3 is 0 Å². The third kappa shape index (κ3) is 4.92. The predicted molar refractivity (Wildman–Crippen MR) is 85.4 cm³/mol. The van der Waals surface area contributed by atoms with E-state index in [0.29, 0.717) is 22.2 Å². The Labute approximate surface area is 133 Å². The monoisotopic (exact) mass is 323 g/mol. The first-order valence-corrected chi connectivity index (χ1v) is 7.30. The summed E-state index contributed by atoms with van der Waals surface area (Å²) >= 11 is 12.0. The summed E-state index contributed by atoms with van der Waals surface area (Å²) in [5, 5.41) is 3.84. The number of benzene rings is 1. The zero-order chi connectivity index (χ0) is 15.1. The molecule has 1 amide bonds. The molecule has 0 aliphatic carbocycles. The predicted octanol–water partition coefficient (Wildman–Crippen LogP) is 3.48. The van der Waals surface area contributed by atoms with Crippen molar-refractivity contribution in [3.8, 4) is 0 Å². The molecule has 0 fully saturated rings. The zero-order valence-corrected chi connectivity index (χ0v) is 12.8. The molecule has 1 aromatic heterocycles. The van der Waals surface area contributed by atoms with Crippen molar-refractivity contribution in [2.24, 2.45) is 0 Å². The molecule has 21 heavy (non-hydrogen) atoms. The summed E-state index contributed by atoms with van der Waals surface area (Å²) in [6, 6.07) is 5.22. The topological polar surface area (TPSA) is 57.8 Å². The molecule has 2 N–H and O–H groups in total. The number of rotatable bonds is 6. The van der Waals surface area contributed by atoms with Crippen LogP contribution in [0.2, 0.25) is 10.0 Å². The van der Waals surface area contributed by atoms with E-state index in [4.69, 9.17) is 23.2 Å². The molecule has 110 valence electrons. The Balaban J connectivity index is 1.77. The van der Waals surface area contributed by atoms with Gasteiger partial charge in [0.05, 0.1) is 0 Å². The lowest BCUT2D eigenvalue weighted by atomic mass is 10.2. The van der Waals surface area contributed by atoms with Gasteiger partial charge in [-0.15, -0.1) is 0 Å². The van der Waals surface area contributed by atoms with E-state index >= 15 is 0 Å². The highest BCUT2D eigenvalue weighted by Gasteiger charge is 2.02. The van der Waals surface area contributed by atoms with Crippen molar-refractivity contribution in [1.82, 2.24) is 15.3 Å². The molecule has 0 aliphatic rings. The van der Waals surface area contributed by atoms with Gasteiger partial charge in [-0.2, -0.15) is 0 Å². The number of aromatic amines is 1. The number of halogens is 2. The fraction of sp³-hybridized carbons (Fsp3) is 0.200. The average Bonchev–Trinajstić information content (AvgIpc) is 2.96. The molecule has 0 unspecified atom stereocenters. The van der Waals surface area contributed by atoms with Crippen LogP contribution in [0.4, 0.5) is 0 Å². The second-order valence-electron chi connectivity index (χ2n) is 4.40. The van der Waals surface area contributed by atoms with Gasteiger partial charge in [0.2, 0.25) is 5.91 Å². The standard InChI is InChI=1S/C15H15Cl2N3O/c16-12-3-1-4-13(17)11(12)6-7-15(21)20-8-2-5-14-18-9-10-19-14/h1,3-4,6-7,9-10H,2,5,8H2,(H,18,19)(H,20,21)/b7-6+. The smallest absolute Gasteiger partial charge is 0.244 e. The highest BCUT2D eigenvalue weighted by molar-refractivity contribution is 6.37. The van der Waals surface area contributed by atoms with Crippen LogP contribution in [-0.4, -0.2) is 22.4 Å². The molecule has 1 aromatic carbocycles. The van der Waals surface area contributed by atoms with Gasteiger partial charge in [0, 0.05) is 47.0 Å². The molecule has 4 nitrogen and oxygen atoms in total. The van der Waals surface area contributed by atoms with E-state index in [1.807, 2.05) is 0 Å². The van der Waals surface area contributed by atoms with Crippen LogP contribution in [-0.2, 0) is 11.2 Å². The van der Waals surface area contributed by atoms with Crippen LogP contribution in [0.3, 0.4) is 0 Å². The third-order valence-electron chi connectivity index (χ3n) is 2.85. The highest BCUT2D eigenvalue weighted by Crippen LogP contribution is 2.25. The number of aromatic nitrogens is 2. The van der Waals surface area contributed by atoms with E-state index in [9.17, 15) is 4.79 Å². The fourth-order valence-corrected chi connectivity index (χ4v) is 2.31. The third-order valence-corrected chi connectivity index (χ3v) is 3.50. The summed E-state index contributed by atoms with van der Waals surface area (Å²) in [7, 11) is 0. The number of H-pyrrole nitrogens is 1. The molecular weight excluding hydrogens is 309 g/mol. The van der Waals surface area contributed by atoms with E-state index in [0.717, 1.165) is 18.7 Å². The van der Waals surface area contributed by atoms with Crippen LogP contribution < -0.4 is 5.32 Å². The van der Waals surface area contributed by atoms with Gasteiger partial charge < -0.3 is 10.3 Å². The Morgan fingerprint density at radius 1 is 1.33 bits per heavy atom. The molecule has 0 atom stereocenters. The van der Waals surface area contributed by atoms with Crippen LogP contribution in [0.15, 0.2) is 36.7 Å². The summed E-state index contributed by atoms with van der Waals surface area (Å²) in [5.41, 5.74) is 0.645. The van der Waals surface area contributed by atoms with Gasteiger partial charge in [-0.1, -0.05) is 29.3 Å². The lowest BCUT2D eigenvalue weighted by Gasteiger charge is -2.02. The molecule has 0 aliphatic heterocycles. The number of amides is 1. The number of aryl methyl sites for hydroxylation is 1. The van der Waals surface area contributed by atoms with Crippen LogP contribution in [0.1, 0.15) is 17.8 Å². The van der Waals surface area contributed by atoms with Crippen molar-refractivity contribution in [1.29, 1.82) is 0 Å². The van der Waals surface area contributed by atoms with Crippen molar-refractivity contribution in [2.45, 2.75) is 12.8 Å². The number of nitrogens with zero attached hydrogens (tertiary/aromatic N) is 1. The van der Waals surface area contributed by atoms with E-state index in [1.165, 1.54) is 6.08 Å². The molecule has 0 saturated heterocycles. The number of hydrogen-bond acceptors (Lipinski definition) is 2. The normalized spacial score (nSPS) is 11.0. The summed E-state index contributed by atoms with van der Waals surface area (Å²) in [6.45, 7) is 0.583. The maximum atomic E-state index is 11.7. The minimum Gasteiger partial charge on any atom is -0.353 e. The summed E-state index contributed by atoms with van der Waals surface area (Å²) in [5.74, 6) is 0.744. The van der Waals surface area contributed by atoms with Gasteiger partial charge in [0.15, 0.2) is 0 Å². The molecule has 1 heterocycles. The molecule has 6 heteroatoms. The number of hydrogen-bond donors (Lipinski definition) is 2. The van der Waals surface area contributed by atoms with Gasteiger partial charge in [0.1, 0.15) is 5.82 Å². The number of carbonyl (C=O) groups excluding carboxylic acids is 1. The van der Waals surface area contributed by atoms with Crippen LogP contribution in [0.25, 0.3) is 6.08 Å². The zero-order valence-electron chi connectivity index (χ0n) is 11.3. The Morgan fingerprint density at radius 3 is 2.76 bits per heavy atom. The van der Waals surface area contributed by atoms with Gasteiger partial charge in [-0.3, -0.25) is 4.79 Å². The van der Waals surface area contributed by atoms with Gasteiger partial charge in [0.25, 0.3) is 0 Å². The molecular formula is C15H15Cl2N3O. The minimum atomic E-state index is -0.176. The van der Waals surface area contributed by atoms with Crippen LogP contribution in [0, 0.1) is 0 Å². The minimum absolute atomic E-state index is 0.176. The van der Waals surface area contributed by atoms with Crippen molar-refractivity contribution in [3.05, 3.63) is 58.1 Å². The maximum absolute atomic E-state index is 11.7. The van der Waals surface area contributed by atoms with E-state index in [1.54, 1.807) is 36.7 Å². The van der Waals surface area contributed by atoms with Crippen molar-refractivity contribution < 1.29 is 4.79 Å². The first kappa shape index (κ1) is 15.6. The Kier molecular flexibility index (Phi) is 5.84. The molecule has 2 aromatic rings.